The van der Waals surface area contributed by atoms with E-state index in [0.29, 0.717) is 11.0 Å². The molecule has 44 heavy (non-hydrogen) atoms. The first kappa shape index (κ1) is 29.1. The van der Waals surface area contributed by atoms with E-state index in [-0.39, 0.29) is 17.1 Å². The molecule has 0 unspecified atom stereocenters. The summed E-state index contributed by atoms with van der Waals surface area (Å²) in [5, 5.41) is 18.4. The van der Waals surface area contributed by atoms with Gasteiger partial charge in [-0.05, 0) is 62.9 Å². The van der Waals surface area contributed by atoms with Crippen molar-refractivity contribution in [2.24, 2.45) is 5.10 Å². The van der Waals surface area contributed by atoms with E-state index >= 15 is 0 Å². The first-order valence-electron chi connectivity index (χ1n) is 14.4. The Hall–Kier alpha value is -4.95. The molecular formula is C36H33N5O2S. The van der Waals surface area contributed by atoms with Crippen molar-refractivity contribution in [3.05, 3.63) is 114 Å². The number of carbonyl (C=O) groups excluding carboxylic acids is 1. The molecule has 0 saturated carbocycles. The fourth-order valence-corrected chi connectivity index (χ4v) is 5.90. The molecule has 0 saturated heterocycles. The number of benzene rings is 5. The number of hydrogen-bond donors (Lipinski definition) is 1. The molecule has 0 spiro atoms. The highest BCUT2D eigenvalue weighted by atomic mass is 32.2. The molecule has 0 bridgehead atoms. The number of rotatable bonds is 8. The van der Waals surface area contributed by atoms with Crippen LogP contribution < -0.4 is 10.2 Å². The summed E-state index contributed by atoms with van der Waals surface area (Å²) in [4.78, 5) is 13.0. The van der Waals surface area contributed by atoms with E-state index in [2.05, 4.69) is 96.1 Å². The fraction of sp³-hybridized carbons (Fsp3) is 0.167. The van der Waals surface area contributed by atoms with Gasteiger partial charge in [0, 0.05) is 16.8 Å². The van der Waals surface area contributed by atoms with Crippen molar-refractivity contribution < 1.29 is 9.53 Å². The van der Waals surface area contributed by atoms with Crippen molar-refractivity contribution in [2.45, 2.75) is 31.3 Å². The van der Waals surface area contributed by atoms with Crippen LogP contribution in [0.2, 0.25) is 0 Å². The number of hydrazone groups is 1. The van der Waals surface area contributed by atoms with Gasteiger partial charge in [-0.3, -0.25) is 9.36 Å². The van der Waals surface area contributed by atoms with E-state index in [9.17, 15) is 4.79 Å². The maximum absolute atomic E-state index is 13.0. The fourth-order valence-electron chi connectivity index (χ4n) is 5.15. The lowest BCUT2D eigenvalue weighted by Gasteiger charge is -2.19. The maximum Gasteiger partial charge on any atom is 0.250 e. The molecule has 1 heterocycles. The summed E-state index contributed by atoms with van der Waals surface area (Å²) in [6.45, 7) is 6.57. The summed E-state index contributed by atoms with van der Waals surface area (Å²) >= 11 is 1.31. The molecule has 8 heteroatoms. The normalized spacial score (nSPS) is 11.8. The molecule has 1 aromatic heterocycles. The topological polar surface area (TPSA) is 81.4 Å². The van der Waals surface area contributed by atoms with Crippen molar-refractivity contribution in [3.63, 3.8) is 0 Å². The smallest absolute Gasteiger partial charge is 0.250 e. The van der Waals surface area contributed by atoms with Crippen molar-refractivity contribution in [1.82, 2.24) is 20.2 Å². The van der Waals surface area contributed by atoms with Gasteiger partial charge in [-0.1, -0.05) is 105 Å². The lowest BCUT2D eigenvalue weighted by Crippen LogP contribution is -2.20. The van der Waals surface area contributed by atoms with Crippen LogP contribution in [0.25, 0.3) is 38.6 Å². The van der Waals surface area contributed by atoms with Crippen molar-refractivity contribution >= 4 is 45.4 Å². The SMILES string of the molecule is COc1ccc(-n2c(SCC(=O)N/N=C\c3c4ccccc4cc4ccccc34)nnc2-c2ccc(C(C)(C)C)cc2)cc1. The van der Waals surface area contributed by atoms with Crippen LogP contribution in [0, 0.1) is 0 Å². The van der Waals surface area contributed by atoms with Crippen LogP contribution in [0.1, 0.15) is 31.9 Å². The van der Waals surface area contributed by atoms with Crippen molar-refractivity contribution in [1.29, 1.82) is 0 Å². The highest BCUT2D eigenvalue weighted by Gasteiger charge is 2.19. The Morgan fingerprint density at radius 3 is 2.14 bits per heavy atom. The molecule has 220 valence electrons. The Labute approximate surface area is 261 Å². The maximum atomic E-state index is 13.0. The van der Waals surface area contributed by atoms with E-state index in [4.69, 9.17) is 4.74 Å². The van der Waals surface area contributed by atoms with Crippen molar-refractivity contribution in [2.75, 3.05) is 12.9 Å². The monoisotopic (exact) mass is 599 g/mol. The first-order valence-corrected chi connectivity index (χ1v) is 15.4. The number of nitrogens with one attached hydrogen (secondary N) is 1. The Balaban J connectivity index is 1.24. The van der Waals surface area contributed by atoms with Crippen LogP contribution >= 0.6 is 11.8 Å². The van der Waals surface area contributed by atoms with Crippen LogP contribution in [0.15, 0.2) is 113 Å². The van der Waals surface area contributed by atoms with Crippen LogP contribution in [-0.4, -0.2) is 39.7 Å². The summed E-state index contributed by atoms with van der Waals surface area (Å²) in [6, 6.07) is 34.6. The van der Waals surface area contributed by atoms with Crippen molar-refractivity contribution in [3.8, 4) is 22.8 Å². The van der Waals surface area contributed by atoms with Gasteiger partial charge in [0.25, 0.3) is 5.91 Å². The summed E-state index contributed by atoms with van der Waals surface area (Å²) in [6.07, 6.45) is 1.73. The molecule has 0 atom stereocenters. The number of amides is 1. The predicted octanol–water partition coefficient (Wildman–Crippen LogP) is 7.79. The van der Waals surface area contributed by atoms with E-state index in [1.807, 2.05) is 53.1 Å². The second-order valence-electron chi connectivity index (χ2n) is 11.5. The molecule has 0 aliphatic carbocycles. The molecule has 7 nitrogen and oxygen atoms in total. The van der Waals surface area contributed by atoms with Gasteiger partial charge < -0.3 is 4.74 Å². The number of ether oxygens (including phenoxy) is 1. The van der Waals surface area contributed by atoms with Gasteiger partial charge in [-0.2, -0.15) is 5.10 Å². The zero-order valence-electron chi connectivity index (χ0n) is 25.1. The van der Waals surface area contributed by atoms with Crippen LogP contribution in [0.5, 0.6) is 5.75 Å². The highest BCUT2D eigenvalue weighted by molar-refractivity contribution is 7.99. The second kappa shape index (κ2) is 12.3. The summed E-state index contributed by atoms with van der Waals surface area (Å²) in [5.41, 5.74) is 6.75. The van der Waals surface area contributed by atoms with Gasteiger partial charge in [0.2, 0.25) is 0 Å². The van der Waals surface area contributed by atoms with Gasteiger partial charge in [-0.15, -0.1) is 10.2 Å². The average molecular weight is 600 g/mol. The minimum atomic E-state index is -0.240. The van der Waals surface area contributed by atoms with Gasteiger partial charge in [0.15, 0.2) is 11.0 Å². The van der Waals surface area contributed by atoms with Crippen LogP contribution in [0.4, 0.5) is 0 Å². The third-order valence-electron chi connectivity index (χ3n) is 7.50. The Morgan fingerprint density at radius 2 is 1.52 bits per heavy atom. The van der Waals surface area contributed by atoms with Gasteiger partial charge >= 0.3 is 0 Å². The molecule has 0 fully saturated rings. The van der Waals surface area contributed by atoms with E-state index in [1.165, 1.54) is 17.3 Å². The Morgan fingerprint density at radius 1 is 0.886 bits per heavy atom. The molecular weight excluding hydrogens is 566 g/mol. The Kier molecular flexibility index (Phi) is 8.17. The number of hydrogen-bond acceptors (Lipinski definition) is 6. The lowest BCUT2D eigenvalue weighted by molar-refractivity contribution is -0.118. The molecule has 1 N–H and O–H groups in total. The number of carbonyl (C=O) groups is 1. The standard InChI is InChI=1S/C36H33N5O2S/c1-36(2,3)27-15-13-24(14-16-27)34-39-40-35(41(34)28-17-19-29(43-4)20-18-28)44-23-33(42)38-37-22-32-30-11-7-5-9-25(30)21-26-10-6-8-12-31(26)32/h5-22H,23H2,1-4H3,(H,38,42)/b37-22-. The largest absolute Gasteiger partial charge is 0.497 e. The van der Waals surface area contributed by atoms with Crippen LogP contribution in [-0.2, 0) is 10.2 Å². The average Bonchev–Trinajstić information content (AvgIpc) is 3.47. The third-order valence-corrected chi connectivity index (χ3v) is 8.43. The van der Waals surface area contributed by atoms with Crippen LogP contribution in [0.3, 0.4) is 0 Å². The number of aromatic nitrogens is 3. The number of nitrogens with zero attached hydrogens (tertiary/aromatic N) is 4. The predicted molar refractivity (Wildman–Crippen MR) is 180 cm³/mol. The first-order chi connectivity index (χ1) is 21.3. The molecule has 0 aliphatic rings. The lowest BCUT2D eigenvalue weighted by atomic mass is 9.87. The zero-order valence-corrected chi connectivity index (χ0v) is 25.9. The third kappa shape index (κ3) is 6.07. The van der Waals surface area contributed by atoms with E-state index in [1.54, 1.807) is 13.3 Å². The minimum absolute atomic E-state index is 0.0414. The number of thioether (sulfide) groups is 1. The summed E-state index contributed by atoms with van der Waals surface area (Å²) < 4.78 is 7.33. The number of fused-ring (bicyclic) bond motifs is 2. The molecule has 6 aromatic rings. The van der Waals surface area contributed by atoms with Gasteiger partial charge in [0.1, 0.15) is 5.75 Å². The zero-order chi connectivity index (χ0) is 30.7. The Bertz CT molecular complexity index is 1920. The van der Waals surface area contributed by atoms with Gasteiger partial charge in [-0.25, -0.2) is 5.43 Å². The molecule has 1 amide bonds. The summed E-state index contributed by atoms with van der Waals surface area (Å²) in [7, 11) is 1.64. The summed E-state index contributed by atoms with van der Waals surface area (Å²) in [5.74, 6) is 1.32. The molecule has 6 rings (SSSR count). The molecule has 5 aromatic carbocycles. The van der Waals surface area contributed by atoms with E-state index < -0.39 is 0 Å². The van der Waals surface area contributed by atoms with Gasteiger partial charge in [0.05, 0.1) is 19.1 Å². The molecule has 0 radical (unpaired) electrons. The second-order valence-corrected chi connectivity index (χ2v) is 12.4. The molecule has 0 aliphatic heterocycles. The quantitative estimate of drug-likeness (QED) is 0.0836. The van der Waals surface area contributed by atoms with E-state index in [0.717, 1.165) is 44.1 Å². The number of methoxy groups -OCH3 is 1. The minimum Gasteiger partial charge on any atom is -0.497 e. The highest BCUT2D eigenvalue weighted by Crippen LogP contribution is 2.31.